The average Bonchev–Trinajstić information content (AvgIpc) is 2.53. The molecule has 0 spiro atoms. The molecule has 0 bridgehead atoms. The van der Waals surface area contributed by atoms with Crippen molar-refractivity contribution in [1.29, 1.82) is 0 Å². The quantitative estimate of drug-likeness (QED) is 0.326. The van der Waals surface area contributed by atoms with Crippen molar-refractivity contribution >= 4 is 29.9 Å². The maximum absolute atomic E-state index is 12.9. The fourth-order valence-electron chi connectivity index (χ4n) is 3.73. The van der Waals surface area contributed by atoms with E-state index in [1.165, 1.54) is 0 Å². The summed E-state index contributed by atoms with van der Waals surface area (Å²) in [6.07, 6.45) is 2.14. The zero-order valence-electron chi connectivity index (χ0n) is 14.9. The van der Waals surface area contributed by atoms with Crippen LogP contribution in [0.15, 0.2) is 4.99 Å². The fraction of sp³-hybridized carbons (Fsp3) is 0.941. The molecule has 25 heavy (non-hydrogen) atoms. The van der Waals surface area contributed by atoms with Crippen molar-refractivity contribution in [2.45, 2.75) is 82.5 Å². The number of halogens is 4. The number of hydrogen-bond donors (Lipinski definition) is 3. The molecule has 2 aliphatic carbocycles. The average molecular weight is 477 g/mol. The Morgan fingerprint density at radius 1 is 1.16 bits per heavy atom. The molecule has 2 aliphatic rings. The Labute approximate surface area is 165 Å². The van der Waals surface area contributed by atoms with Crippen LogP contribution in [0.5, 0.6) is 0 Å². The lowest BCUT2D eigenvalue weighted by atomic mass is 9.85. The van der Waals surface area contributed by atoms with E-state index in [-0.39, 0.29) is 42.9 Å². The summed E-state index contributed by atoms with van der Waals surface area (Å²) < 4.78 is 38.8. The minimum Gasteiger partial charge on any atom is -0.388 e. The summed E-state index contributed by atoms with van der Waals surface area (Å²) in [5, 5.41) is 16.8. The third-order valence-electron chi connectivity index (χ3n) is 5.14. The summed E-state index contributed by atoms with van der Waals surface area (Å²) in [6, 6.07) is -0.218. The Hall–Kier alpha value is -0.250. The van der Waals surface area contributed by atoms with Crippen LogP contribution in [0, 0.1) is 5.92 Å². The van der Waals surface area contributed by atoms with Crippen LogP contribution >= 0.6 is 24.0 Å². The van der Waals surface area contributed by atoms with E-state index in [9.17, 15) is 18.3 Å². The maximum Gasteiger partial charge on any atom is 0.391 e. The van der Waals surface area contributed by atoms with Crippen molar-refractivity contribution < 1.29 is 18.3 Å². The molecule has 4 nitrogen and oxygen atoms in total. The van der Waals surface area contributed by atoms with E-state index in [0.717, 1.165) is 38.5 Å². The SMILES string of the molecule is CCNC(=NCC1(O)CCCCC1)NC1CCCC(C(F)(F)F)C1.I. The van der Waals surface area contributed by atoms with Crippen molar-refractivity contribution in [2.75, 3.05) is 13.1 Å². The van der Waals surface area contributed by atoms with Crippen LogP contribution in [0.4, 0.5) is 13.2 Å². The molecule has 0 radical (unpaired) electrons. The molecular weight excluding hydrogens is 446 g/mol. The minimum absolute atomic E-state index is 0. The van der Waals surface area contributed by atoms with Gasteiger partial charge in [0.1, 0.15) is 0 Å². The van der Waals surface area contributed by atoms with Gasteiger partial charge in [0.25, 0.3) is 0 Å². The molecule has 0 aromatic heterocycles. The molecule has 2 atom stereocenters. The third kappa shape index (κ3) is 7.48. The molecule has 0 heterocycles. The molecular formula is C17H31F3IN3O. The van der Waals surface area contributed by atoms with Crippen molar-refractivity contribution in [3.05, 3.63) is 0 Å². The summed E-state index contributed by atoms with van der Waals surface area (Å²) in [5.74, 6) is -0.710. The summed E-state index contributed by atoms with van der Waals surface area (Å²) >= 11 is 0. The zero-order valence-corrected chi connectivity index (χ0v) is 17.2. The first kappa shape index (κ1) is 22.8. The van der Waals surface area contributed by atoms with Gasteiger partial charge >= 0.3 is 6.18 Å². The molecule has 2 fully saturated rings. The molecule has 8 heteroatoms. The van der Waals surface area contributed by atoms with Crippen LogP contribution in [0.25, 0.3) is 0 Å². The molecule has 0 aliphatic heterocycles. The Bertz CT molecular complexity index is 426. The molecule has 0 amide bonds. The van der Waals surface area contributed by atoms with Crippen LogP contribution in [0.2, 0.25) is 0 Å². The molecule has 0 aromatic rings. The Morgan fingerprint density at radius 3 is 2.44 bits per heavy atom. The summed E-state index contributed by atoms with van der Waals surface area (Å²) in [7, 11) is 0. The van der Waals surface area contributed by atoms with Crippen molar-refractivity contribution in [1.82, 2.24) is 10.6 Å². The lowest BCUT2D eigenvalue weighted by Gasteiger charge is -2.33. The first-order chi connectivity index (χ1) is 11.3. The number of aliphatic imine (C=N–C) groups is 1. The van der Waals surface area contributed by atoms with Gasteiger partial charge in [-0.15, -0.1) is 24.0 Å². The predicted molar refractivity (Wildman–Crippen MR) is 104 cm³/mol. The maximum atomic E-state index is 12.9. The van der Waals surface area contributed by atoms with Gasteiger partial charge in [-0.05, 0) is 39.0 Å². The van der Waals surface area contributed by atoms with Gasteiger partial charge in [-0.2, -0.15) is 13.2 Å². The van der Waals surface area contributed by atoms with Crippen LogP contribution < -0.4 is 10.6 Å². The molecule has 0 aromatic carbocycles. The molecule has 0 saturated heterocycles. The van der Waals surface area contributed by atoms with E-state index in [0.29, 0.717) is 25.5 Å². The lowest BCUT2D eigenvalue weighted by molar-refractivity contribution is -0.183. The largest absolute Gasteiger partial charge is 0.391 e. The van der Waals surface area contributed by atoms with E-state index in [1.54, 1.807) is 0 Å². The lowest BCUT2D eigenvalue weighted by Crippen LogP contribution is -2.47. The van der Waals surface area contributed by atoms with Gasteiger partial charge < -0.3 is 15.7 Å². The Kier molecular flexibility index (Phi) is 9.28. The third-order valence-corrected chi connectivity index (χ3v) is 5.14. The number of alkyl halides is 3. The van der Waals surface area contributed by atoms with Gasteiger partial charge in [0, 0.05) is 12.6 Å². The van der Waals surface area contributed by atoms with E-state index in [1.807, 2.05) is 6.92 Å². The van der Waals surface area contributed by atoms with Gasteiger partial charge in [0.2, 0.25) is 0 Å². The highest BCUT2D eigenvalue weighted by atomic mass is 127. The first-order valence-corrected chi connectivity index (χ1v) is 9.16. The van der Waals surface area contributed by atoms with E-state index in [4.69, 9.17) is 0 Å². The second-order valence-corrected chi connectivity index (χ2v) is 7.23. The number of hydrogen-bond acceptors (Lipinski definition) is 2. The molecule has 2 unspecified atom stereocenters. The van der Waals surface area contributed by atoms with Crippen molar-refractivity contribution in [3.8, 4) is 0 Å². The Balaban J connectivity index is 0.00000312. The highest BCUT2D eigenvalue weighted by molar-refractivity contribution is 14.0. The first-order valence-electron chi connectivity index (χ1n) is 9.16. The normalized spacial score (nSPS) is 27.3. The van der Waals surface area contributed by atoms with Crippen LogP contribution in [-0.4, -0.2) is 42.0 Å². The molecule has 2 saturated carbocycles. The van der Waals surface area contributed by atoms with E-state index >= 15 is 0 Å². The van der Waals surface area contributed by atoms with Gasteiger partial charge in [0.15, 0.2) is 5.96 Å². The molecule has 2 rings (SSSR count). The molecule has 3 N–H and O–H groups in total. The Morgan fingerprint density at radius 2 is 1.84 bits per heavy atom. The summed E-state index contributed by atoms with van der Waals surface area (Å²) in [4.78, 5) is 4.45. The minimum atomic E-state index is -4.12. The van der Waals surface area contributed by atoms with Gasteiger partial charge in [-0.1, -0.05) is 25.7 Å². The summed E-state index contributed by atoms with van der Waals surface area (Å²) in [5.41, 5.74) is -0.762. The number of guanidine groups is 1. The monoisotopic (exact) mass is 477 g/mol. The van der Waals surface area contributed by atoms with Gasteiger partial charge in [-0.3, -0.25) is 4.99 Å². The number of nitrogens with zero attached hydrogens (tertiary/aromatic N) is 1. The van der Waals surface area contributed by atoms with Gasteiger partial charge in [-0.25, -0.2) is 0 Å². The second-order valence-electron chi connectivity index (χ2n) is 7.23. The fourth-order valence-corrected chi connectivity index (χ4v) is 3.73. The smallest absolute Gasteiger partial charge is 0.388 e. The molecule has 148 valence electrons. The van der Waals surface area contributed by atoms with Crippen LogP contribution in [-0.2, 0) is 0 Å². The topological polar surface area (TPSA) is 56.7 Å². The standard InChI is InChI=1S/C17H30F3N3O.HI/c1-2-21-15(22-12-16(24)9-4-3-5-10-16)23-14-8-6-7-13(11-14)17(18,19)20;/h13-14,24H,2-12H2,1H3,(H2,21,22,23);1H. The zero-order chi connectivity index (χ0) is 17.6. The number of rotatable bonds is 4. The second kappa shape index (κ2) is 10.2. The number of nitrogens with one attached hydrogen (secondary N) is 2. The summed E-state index contributed by atoms with van der Waals surface area (Å²) in [6.45, 7) is 2.86. The highest BCUT2D eigenvalue weighted by Gasteiger charge is 2.42. The highest BCUT2D eigenvalue weighted by Crippen LogP contribution is 2.37. The van der Waals surface area contributed by atoms with E-state index < -0.39 is 17.7 Å². The van der Waals surface area contributed by atoms with E-state index in [2.05, 4.69) is 15.6 Å². The van der Waals surface area contributed by atoms with Crippen LogP contribution in [0.3, 0.4) is 0 Å². The van der Waals surface area contributed by atoms with Crippen molar-refractivity contribution in [3.63, 3.8) is 0 Å². The predicted octanol–water partition coefficient (Wildman–Crippen LogP) is 3.98. The van der Waals surface area contributed by atoms with Gasteiger partial charge in [0.05, 0.1) is 18.1 Å². The van der Waals surface area contributed by atoms with Crippen molar-refractivity contribution in [2.24, 2.45) is 10.9 Å². The van der Waals surface area contributed by atoms with Crippen LogP contribution in [0.1, 0.15) is 64.7 Å². The number of aliphatic hydroxyl groups is 1.